The highest BCUT2D eigenvalue weighted by Gasteiger charge is 2.24. The summed E-state index contributed by atoms with van der Waals surface area (Å²) in [5.41, 5.74) is 8.27. The van der Waals surface area contributed by atoms with Crippen molar-refractivity contribution in [2.45, 2.75) is 30.5 Å². The molecule has 120 valence electrons. The van der Waals surface area contributed by atoms with Crippen molar-refractivity contribution in [2.24, 2.45) is 5.73 Å². The van der Waals surface area contributed by atoms with Crippen LogP contribution in [0.2, 0.25) is 0 Å². The van der Waals surface area contributed by atoms with Crippen LogP contribution in [0.25, 0.3) is 0 Å². The Hall–Kier alpha value is -2.83. The topological polar surface area (TPSA) is 104 Å². The molecular formula is C18H16N4OS. The first-order chi connectivity index (χ1) is 11.5. The number of primary amides is 1. The predicted molar refractivity (Wildman–Crippen MR) is 92.0 cm³/mol. The van der Waals surface area contributed by atoms with Crippen LogP contribution in [0.15, 0.2) is 35.4 Å². The molecule has 1 amide bonds. The van der Waals surface area contributed by atoms with Gasteiger partial charge in [-0.15, -0.1) is 0 Å². The Morgan fingerprint density at radius 1 is 1.25 bits per heavy atom. The maximum absolute atomic E-state index is 11.9. The fourth-order valence-electron chi connectivity index (χ4n) is 2.47. The summed E-state index contributed by atoms with van der Waals surface area (Å²) >= 11 is 1.15. The van der Waals surface area contributed by atoms with Crippen molar-refractivity contribution in [1.29, 1.82) is 10.5 Å². The first kappa shape index (κ1) is 17.5. The summed E-state index contributed by atoms with van der Waals surface area (Å²) in [6.07, 6.45) is 0.537. The number of carbonyl (C=O) groups excluding carboxylic acids is 1. The second kappa shape index (κ2) is 7.63. The van der Waals surface area contributed by atoms with Crippen LogP contribution in [-0.2, 0) is 11.2 Å². The number of aromatic nitrogens is 1. The summed E-state index contributed by atoms with van der Waals surface area (Å²) in [7, 11) is 0. The van der Waals surface area contributed by atoms with Gasteiger partial charge in [-0.25, -0.2) is 4.98 Å². The Balaban J connectivity index is 2.56. The van der Waals surface area contributed by atoms with E-state index in [1.54, 1.807) is 6.92 Å². The molecule has 5 nitrogen and oxygen atoms in total. The van der Waals surface area contributed by atoms with Crippen molar-refractivity contribution < 1.29 is 4.79 Å². The van der Waals surface area contributed by atoms with Gasteiger partial charge in [0.1, 0.15) is 22.4 Å². The summed E-state index contributed by atoms with van der Waals surface area (Å²) in [6, 6.07) is 13.4. The van der Waals surface area contributed by atoms with Gasteiger partial charge in [-0.05, 0) is 24.5 Å². The van der Waals surface area contributed by atoms with E-state index >= 15 is 0 Å². The molecule has 0 aliphatic carbocycles. The predicted octanol–water partition coefficient (Wildman–Crippen LogP) is 3.01. The van der Waals surface area contributed by atoms with Crippen LogP contribution < -0.4 is 5.73 Å². The lowest BCUT2D eigenvalue weighted by molar-refractivity contribution is -0.117. The summed E-state index contributed by atoms with van der Waals surface area (Å²) in [6.45, 7) is 3.61. The number of aryl methyl sites for hydroxylation is 1. The number of nitriles is 2. The van der Waals surface area contributed by atoms with Gasteiger partial charge in [-0.2, -0.15) is 10.5 Å². The Morgan fingerprint density at radius 3 is 2.38 bits per heavy atom. The fourth-order valence-corrected chi connectivity index (χ4v) is 3.58. The van der Waals surface area contributed by atoms with E-state index in [-0.39, 0.29) is 0 Å². The highest BCUT2D eigenvalue weighted by Crippen LogP contribution is 2.37. The molecule has 0 aliphatic heterocycles. The van der Waals surface area contributed by atoms with E-state index in [2.05, 4.69) is 17.1 Å². The minimum absolute atomic E-state index is 0.340. The zero-order chi connectivity index (χ0) is 17.7. The van der Waals surface area contributed by atoms with Gasteiger partial charge in [0, 0.05) is 0 Å². The van der Waals surface area contributed by atoms with Crippen LogP contribution in [0.3, 0.4) is 0 Å². The molecule has 6 heteroatoms. The number of hydrogen-bond acceptors (Lipinski definition) is 5. The number of nitrogens with two attached hydrogens (primary N) is 1. The lowest BCUT2D eigenvalue weighted by atomic mass is 10.0. The second-order valence-corrected chi connectivity index (χ2v) is 6.21. The second-order valence-electron chi connectivity index (χ2n) is 5.12. The number of rotatable bonds is 5. The number of benzene rings is 1. The molecular weight excluding hydrogens is 320 g/mol. The first-order valence-corrected chi connectivity index (χ1v) is 8.26. The van der Waals surface area contributed by atoms with Crippen molar-refractivity contribution >= 4 is 17.7 Å². The monoisotopic (exact) mass is 336 g/mol. The minimum Gasteiger partial charge on any atom is -0.368 e. The van der Waals surface area contributed by atoms with Gasteiger partial charge in [-0.3, -0.25) is 4.79 Å². The average molecular weight is 336 g/mol. The van der Waals surface area contributed by atoms with E-state index in [9.17, 15) is 15.3 Å². The van der Waals surface area contributed by atoms with Gasteiger partial charge in [0.05, 0.1) is 16.8 Å². The number of nitrogens with zero attached hydrogens (tertiary/aromatic N) is 3. The van der Waals surface area contributed by atoms with E-state index in [4.69, 9.17) is 5.73 Å². The van der Waals surface area contributed by atoms with Crippen molar-refractivity contribution in [3.63, 3.8) is 0 Å². The SMILES string of the molecule is CCc1c(C#N)c(C)nc(SC(C(N)=O)c2ccccc2)c1C#N. The van der Waals surface area contributed by atoms with Crippen LogP contribution in [-0.4, -0.2) is 10.9 Å². The third-order valence-electron chi connectivity index (χ3n) is 3.62. The molecule has 2 N–H and O–H groups in total. The van der Waals surface area contributed by atoms with Crippen LogP contribution >= 0.6 is 11.8 Å². The zero-order valence-corrected chi connectivity index (χ0v) is 14.2. The van der Waals surface area contributed by atoms with Gasteiger partial charge in [0.25, 0.3) is 0 Å². The third kappa shape index (κ3) is 3.40. The number of amides is 1. The molecule has 24 heavy (non-hydrogen) atoms. The number of pyridine rings is 1. The Kier molecular flexibility index (Phi) is 5.57. The van der Waals surface area contributed by atoms with Gasteiger partial charge in [0.2, 0.25) is 5.91 Å². The van der Waals surface area contributed by atoms with Gasteiger partial charge < -0.3 is 5.73 Å². The maximum Gasteiger partial charge on any atom is 0.235 e. The lowest BCUT2D eigenvalue weighted by Crippen LogP contribution is -2.19. The summed E-state index contributed by atoms with van der Waals surface area (Å²) in [4.78, 5) is 16.3. The average Bonchev–Trinajstić information content (AvgIpc) is 2.59. The van der Waals surface area contributed by atoms with Crippen LogP contribution in [0.5, 0.6) is 0 Å². The van der Waals surface area contributed by atoms with Gasteiger partial charge in [0.15, 0.2) is 0 Å². The minimum atomic E-state index is -0.650. The molecule has 0 aliphatic rings. The highest BCUT2D eigenvalue weighted by molar-refractivity contribution is 8.00. The van der Waals surface area contributed by atoms with Gasteiger partial charge >= 0.3 is 0 Å². The summed E-state index contributed by atoms with van der Waals surface area (Å²) in [5.74, 6) is -0.503. The molecule has 0 bridgehead atoms. The molecule has 0 spiro atoms. The Bertz CT molecular complexity index is 850. The van der Waals surface area contributed by atoms with Crippen molar-refractivity contribution in [3.05, 3.63) is 58.3 Å². The molecule has 2 aromatic rings. The van der Waals surface area contributed by atoms with Crippen molar-refractivity contribution in [3.8, 4) is 12.1 Å². The van der Waals surface area contributed by atoms with Crippen LogP contribution in [0.4, 0.5) is 0 Å². The molecule has 0 fully saturated rings. The highest BCUT2D eigenvalue weighted by atomic mass is 32.2. The third-order valence-corrected chi connectivity index (χ3v) is 4.87. The normalized spacial score (nSPS) is 11.3. The lowest BCUT2D eigenvalue weighted by Gasteiger charge is -2.16. The molecule has 1 unspecified atom stereocenters. The Labute approximate surface area is 145 Å². The molecule has 0 saturated heterocycles. The van der Waals surface area contributed by atoms with Crippen molar-refractivity contribution in [2.75, 3.05) is 0 Å². The Morgan fingerprint density at radius 2 is 1.88 bits per heavy atom. The summed E-state index contributed by atoms with van der Waals surface area (Å²) < 4.78 is 0. The number of carbonyl (C=O) groups is 1. The smallest absolute Gasteiger partial charge is 0.235 e. The molecule has 0 saturated carbocycles. The van der Waals surface area contributed by atoms with E-state index in [0.717, 1.165) is 17.3 Å². The molecule has 1 heterocycles. The first-order valence-electron chi connectivity index (χ1n) is 7.38. The van der Waals surface area contributed by atoms with Gasteiger partial charge in [-0.1, -0.05) is 49.0 Å². The molecule has 2 rings (SSSR count). The fraction of sp³-hybridized carbons (Fsp3) is 0.222. The van der Waals surface area contributed by atoms with Crippen LogP contribution in [0, 0.1) is 29.6 Å². The maximum atomic E-state index is 11.9. The van der Waals surface area contributed by atoms with E-state index in [1.165, 1.54) is 0 Å². The van der Waals surface area contributed by atoms with Crippen molar-refractivity contribution in [1.82, 2.24) is 4.98 Å². The largest absolute Gasteiger partial charge is 0.368 e. The number of thioether (sulfide) groups is 1. The van der Waals surface area contributed by atoms with E-state index < -0.39 is 11.2 Å². The molecule has 1 aromatic carbocycles. The summed E-state index contributed by atoms with van der Waals surface area (Å²) in [5, 5.41) is 18.6. The molecule has 1 atom stereocenters. The van der Waals surface area contributed by atoms with Crippen LogP contribution in [0.1, 0.15) is 40.1 Å². The quantitative estimate of drug-likeness (QED) is 0.845. The van der Waals surface area contributed by atoms with E-state index in [0.29, 0.717) is 33.8 Å². The number of hydrogen-bond donors (Lipinski definition) is 1. The standard InChI is InChI=1S/C18H16N4OS/c1-3-13-14(9-19)11(2)22-18(15(13)10-20)24-16(17(21)23)12-7-5-4-6-8-12/h4-8,16H,3H2,1-2H3,(H2,21,23). The molecule has 1 aromatic heterocycles. The van der Waals surface area contributed by atoms with E-state index in [1.807, 2.05) is 37.3 Å². The molecule has 0 radical (unpaired) electrons. The zero-order valence-electron chi connectivity index (χ0n) is 13.4.